The van der Waals surface area contributed by atoms with Gasteiger partial charge >= 0.3 is 5.69 Å². The van der Waals surface area contributed by atoms with Crippen LogP contribution in [-0.4, -0.2) is 15.4 Å². The highest BCUT2D eigenvalue weighted by atomic mass is 32.1. The van der Waals surface area contributed by atoms with Crippen molar-refractivity contribution in [1.82, 2.24) is 4.98 Å². The van der Waals surface area contributed by atoms with Crippen molar-refractivity contribution in [2.45, 2.75) is 53.1 Å². The summed E-state index contributed by atoms with van der Waals surface area (Å²) < 4.78 is 0. The zero-order valence-electron chi connectivity index (χ0n) is 18.7. The van der Waals surface area contributed by atoms with Crippen molar-refractivity contribution in [3.63, 3.8) is 0 Å². The lowest BCUT2D eigenvalue weighted by molar-refractivity contribution is -0.383. The lowest BCUT2D eigenvalue weighted by Gasteiger charge is -2.33. The Morgan fingerprint density at radius 1 is 1.10 bits per heavy atom. The Kier molecular flexibility index (Phi) is 6.65. The maximum Gasteiger partial charge on any atom is 0.334 e. The molecule has 0 unspecified atom stereocenters. The predicted octanol–water partition coefficient (Wildman–Crippen LogP) is 6.96. The molecular weight excluding hydrogens is 408 g/mol. The van der Waals surface area contributed by atoms with Crippen LogP contribution < -0.4 is 10.6 Å². The normalized spacial score (nSPS) is 11.9. The van der Waals surface area contributed by atoms with Crippen LogP contribution in [0.15, 0.2) is 53.2 Å². The Labute approximate surface area is 187 Å². The van der Waals surface area contributed by atoms with E-state index < -0.39 is 0 Å². The Morgan fingerprint density at radius 3 is 2.39 bits per heavy atom. The number of nitrogens with zero attached hydrogens (tertiary/aromatic N) is 2. The Balaban J connectivity index is 2.04. The van der Waals surface area contributed by atoms with E-state index in [1.165, 1.54) is 0 Å². The van der Waals surface area contributed by atoms with Crippen molar-refractivity contribution in [1.29, 1.82) is 0 Å². The van der Waals surface area contributed by atoms with E-state index in [2.05, 4.69) is 50.2 Å². The van der Waals surface area contributed by atoms with E-state index in [1.807, 2.05) is 47.2 Å². The van der Waals surface area contributed by atoms with Gasteiger partial charge in [0.2, 0.25) is 5.82 Å². The van der Waals surface area contributed by atoms with E-state index in [9.17, 15) is 10.1 Å². The molecule has 164 valence electrons. The zero-order chi connectivity index (χ0) is 22.6. The van der Waals surface area contributed by atoms with Crippen molar-refractivity contribution in [2.75, 3.05) is 10.6 Å². The van der Waals surface area contributed by atoms with Crippen LogP contribution in [-0.2, 0) is 6.54 Å². The number of nitrogens with one attached hydrogen (secondary N) is 2. The number of nitro groups is 1. The lowest BCUT2D eigenvalue weighted by Crippen LogP contribution is -2.36. The van der Waals surface area contributed by atoms with Crippen molar-refractivity contribution in [3.05, 3.63) is 68.9 Å². The van der Waals surface area contributed by atoms with Gasteiger partial charge in [-0.1, -0.05) is 51.1 Å². The van der Waals surface area contributed by atoms with Gasteiger partial charge in [-0.2, -0.15) is 11.3 Å². The van der Waals surface area contributed by atoms with Crippen LogP contribution >= 0.6 is 11.3 Å². The molecule has 0 aliphatic carbocycles. The van der Waals surface area contributed by atoms with Gasteiger partial charge in [0, 0.05) is 23.0 Å². The molecule has 0 aliphatic rings. The molecule has 0 saturated carbocycles. The smallest absolute Gasteiger partial charge is 0.334 e. The van der Waals surface area contributed by atoms with Crippen molar-refractivity contribution >= 4 is 28.5 Å². The molecule has 0 saturated heterocycles. The molecule has 31 heavy (non-hydrogen) atoms. The van der Waals surface area contributed by atoms with Gasteiger partial charge in [-0.25, -0.2) is 4.98 Å². The summed E-state index contributed by atoms with van der Waals surface area (Å²) in [5.74, 6) is 0.290. The standard InChI is InChI=1S/C24H30N4O2S/c1-23(2,3)16-24(4,5)27-22-21(28(29)30)20(25-14-17-9-7-6-8-10-17)13-19(26-22)18-11-12-31-15-18/h6-13,15H,14,16H2,1-5H3,(H2,25,26,27). The predicted molar refractivity (Wildman–Crippen MR) is 130 cm³/mol. The average Bonchev–Trinajstić information content (AvgIpc) is 3.19. The van der Waals surface area contributed by atoms with E-state index in [0.29, 0.717) is 23.7 Å². The summed E-state index contributed by atoms with van der Waals surface area (Å²) in [6.07, 6.45) is 0.828. The number of rotatable bonds is 8. The van der Waals surface area contributed by atoms with E-state index in [1.54, 1.807) is 17.4 Å². The molecule has 0 atom stereocenters. The first-order valence-corrected chi connectivity index (χ1v) is 11.3. The summed E-state index contributed by atoms with van der Waals surface area (Å²) in [6.45, 7) is 11.1. The third-order valence-corrected chi connectivity index (χ3v) is 5.43. The van der Waals surface area contributed by atoms with Gasteiger partial charge in [0.1, 0.15) is 5.69 Å². The second kappa shape index (κ2) is 9.06. The van der Waals surface area contributed by atoms with E-state index >= 15 is 0 Å². The van der Waals surface area contributed by atoms with Crippen molar-refractivity contribution in [3.8, 4) is 11.3 Å². The summed E-state index contributed by atoms with van der Waals surface area (Å²) >= 11 is 1.57. The summed E-state index contributed by atoms with van der Waals surface area (Å²) in [5, 5.41) is 22.7. The second-order valence-electron chi connectivity index (χ2n) is 9.61. The summed E-state index contributed by atoms with van der Waals surface area (Å²) in [6, 6.07) is 13.6. The third kappa shape index (κ3) is 6.28. The number of benzene rings is 1. The second-order valence-corrected chi connectivity index (χ2v) is 10.4. The third-order valence-electron chi connectivity index (χ3n) is 4.75. The number of hydrogen-bond acceptors (Lipinski definition) is 6. The molecular formula is C24H30N4O2S. The van der Waals surface area contributed by atoms with Crippen molar-refractivity contribution in [2.24, 2.45) is 5.41 Å². The zero-order valence-corrected chi connectivity index (χ0v) is 19.5. The molecule has 0 aliphatic heterocycles. The highest BCUT2D eigenvalue weighted by Gasteiger charge is 2.31. The molecule has 3 rings (SSSR count). The van der Waals surface area contributed by atoms with E-state index in [4.69, 9.17) is 0 Å². The highest BCUT2D eigenvalue weighted by molar-refractivity contribution is 7.08. The van der Waals surface area contributed by atoms with Crippen LogP contribution in [0.4, 0.5) is 17.2 Å². The first-order chi connectivity index (χ1) is 14.5. The number of hydrogen-bond donors (Lipinski definition) is 2. The monoisotopic (exact) mass is 438 g/mol. The van der Waals surface area contributed by atoms with Gasteiger partial charge in [0.25, 0.3) is 0 Å². The quantitative estimate of drug-likeness (QED) is 0.294. The van der Waals surface area contributed by atoms with Gasteiger partial charge in [0.05, 0.1) is 10.6 Å². The molecule has 0 spiro atoms. The number of thiophene rings is 1. The Hall–Kier alpha value is -2.93. The van der Waals surface area contributed by atoms with E-state index in [-0.39, 0.29) is 21.6 Å². The number of pyridine rings is 1. The minimum atomic E-state index is -0.375. The fourth-order valence-electron chi connectivity index (χ4n) is 3.99. The van der Waals surface area contributed by atoms with E-state index in [0.717, 1.165) is 17.5 Å². The molecule has 3 aromatic rings. The van der Waals surface area contributed by atoms with Gasteiger partial charge in [-0.15, -0.1) is 0 Å². The molecule has 0 fully saturated rings. The largest absolute Gasteiger partial charge is 0.375 e. The summed E-state index contributed by atoms with van der Waals surface area (Å²) in [4.78, 5) is 16.4. The van der Waals surface area contributed by atoms with Crippen LogP contribution in [0.5, 0.6) is 0 Å². The molecule has 7 heteroatoms. The molecule has 6 nitrogen and oxygen atoms in total. The fraction of sp³-hybridized carbons (Fsp3) is 0.375. The van der Waals surface area contributed by atoms with Crippen molar-refractivity contribution < 1.29 is 4.92 Å². The maximum absolute atomic E-state index is 12.1. The Bertz CT molecular complexity index is 1030. The van der Waals surface area contributed by atoms with Gasteiger partial charge in [0.15, 0.2) is 0 Å². The van der Waals surface area contributed by atoms with Crippen LogP contribution in [0, 0.1) is 15.5 Å². The molecule has 2 heterocycles. The minimum Gasteiger partial charge on any atom is -0.375 e. The average molecular weight is 439 g/mol. The lowest BCUT2D eigenvalue weighted by atomic mass is 9.82. The van der Waals surface area contributed by atoms with Crippen LogP contribution in [0.3, 0.4) is 0 Å². The highest BCUT2D eigenvalue weighted by Crippen LogP contribution is 2.39. The van der Waals surface area contributed by atoms with Gasteiger partial charge in [-0.05, 0) is 48.8 Å². The SMILES string of the molecule is CC(C)(C)CC(C)(C)Nc1nc(-c2ccsc2)cc(NCc2ccccc2)c1[N+](=O)[O-]. The number of anilines is 2. The topological polar surface area (TPSA) is 80.1 Å². The molecule has 1 aromatic carbocycles. The summed E-state index contributed by atoms with van der Waals surface area (Å²) in [5.41, 5.74) is 2.81. The van der Waals surface area contributed by atoms with Crippen LogP contribution in [0.25, 0.3) is 11.3 Å². The molecule has 2 aromatic heterocycles. The van der Waals surface area contributed by atoms with Crippen LogP contribution in [0.1, 0.15) is 46.6 Å². The van der Waals surface area contributed by atoms with Gasteiger partial charge in [-0.3, -0.25) is 10.1 Å². The fourth-order valence-corrected chi connectivity index (χ4v) is 4.64. The molecule has 0 amide bonds. The first kappa shape index (κ1) is 22.7. The molecule has 0 radical (unpaired) electrons. The number of aromatic nitrogens is 1. The summed E-state index contributed by atoms with van der Waals surface area (Å²) in [7, 11) is 0. The molecule has 2 N–H and O–H groups in total. The maximum atomic E-state index is 12.1. The Morgan fingerprint density at radius 2 is 1.81 bits per heavy atom. The van der Waals surface area contributed by atoms with Crippen LogP contribution in [0.2, 0.25) is 0 Å². The first-order valence-electron chi connectivity index (χ1n) is 10.3. The molecule has 0 bridgehead atoms. The van der Waals surface area contributed by atoms with Gasteiger partial charge < -0.3 is 10.6 Å². The minimum absolute atomic E-state index is 0.0307.